The minimum absolute atomic E-state index is 0.0722. The highest BCUT2D eigenvalue weighted by molar-refractivity contribution is 9.10. The molecule has 1 heterocycles. The highest BCUT2D eigenvalue weighted by Crippen LogP contribution is 2.29. The second-order valence-electron chi connectivity index (χ2n) is 6.30. The molecule has 0 saturated carbocycles. The van der Waals surface area contributed by atoms with E-state index >= 15 is 0 Å². The van der Waals surface area contributed by atoms with Crippen molar-refractivity contribution in [3.8, 4) is 0 Å². The number of carbonyl (C=O) groups is 1. The Bertz CT molecular complexity index is 1220. The monoisotopic (exact) mass is 465 g/mol. The molecule has 5 nitrogen and oxygen atoms in total. The molecule has 0 aliphatic carbocycles. The summed E-state index contributed by atoms with van der Waals surface area (Å²) in [6.07, 6.45) is 1.24. The average molecular weight is 466 g/mol. The highest BCUT2D eigenvalue weighted by atomic mass is 79.9. The van der Waals surface area contributed by atoms with E-state index in [2.05, 4.69) is 26.2 Å². The molecule has 0 saturated heterocycles. The van der Waals surface area contributed by atoms with Crippen molar-refractivity contribution in [2.24, 2.45) is 0 Å². The van der Waals surface area contributed by atoms with Gasteiger partial charge in [0.05, 0.1) is 17.2 Å². The minimum Gasteiger partial charge on any atom is -0.325 e. The summed E-state index contributed by atoms with van der Waals surface area (Å²) in [5, 5.41) is 2.85. The van der Waals surface area contributed by atoms with Crippen molar-refractivity contribution in [3.05, 3.63) is 93.8 Å². The van der Waals surface area contributed by atoms with Crippen molar-refractivity contribution in [2.45, 2.75) is 16.3 Å². The summed E-state index contributed by atoms with van der Waals surface area (Å²) in [4.78, 5) is 31.0. The number of benzene rings is 3. The van der Waals surface area contributed by atoms with E-state index in [-0.39, 0.29) is 18.0 Å². The maximum Gasteiger partial charge on any atom is 0.269 e. The third-order valence-electron chi connectivity index (χ3n) is 4.24. The number of halogens is 1. The lowest BCUT2D eigenvalue weighted by Crippen LogP contribution is -2.27. The number of fused-ring (bicyclic) bond motifs is 1. The van der Waals surface area contributed by atoms with Crippen LogP contribution in [0.5, 0.6) is 0 Å². The lowest BCUT2D eigenvalue weighted by molar-refractivity contribution is -0.116. The van der Waals surface area contributed by atoms with Gasteiger partial charge in [0.2, 0.25) is 5.91 Å². The second kappa shape index (κ2) is 8.63. The Morgan fingerprint density at radius 3 is 2.34 bits per heavy atom. The van der Waals surface area contributed by atoms with Crippen molar-refractivity contribution in [1.29, 1.82) is 0 Å². The SMILES string of the molecule is O=C(Cn1c(=O)cnc2ccccc21)Nc1ccc(Sc2ccc(Br)cc2)cc1. The van der Waals surface area contributed by atoms with Crippen LogP contribution in [0, 0.1) is 0 Å². The lowest BCUT2D eigenvalue weighted by Gasteiger charge is -2.10. The Kier molecular flexibility index (Phi) is 5.78. The van der Waals surface area contributed by atoms with Gasteiger partial charge < -0.3 is 5.32 Å². The van der Waals surface area contributed by atoms with Crippen LogP contribution < -0.4 is 10.9 Å². The van der Waals surface area contributed by atoms with Crippen molar-refractivity contribution in [1.82, 2.24) is 9.55 Å². The summed E-state index contributed by atoms with van der Waals surface area (Å²) >= 11 is 5.07. The fourth-order valence-corrected chi connectivity index (χ4v) is 3.95. The van der Waals surface area contributed by atoms with Crippen LogP contribution in [0.1, 0.15) is 0 Å². The summed E-state index contributed by atoms with van der Waals surface area (Å²) in [6, 6.07) is 23.0. The van der Waals surface area contributed by atoms with Crippen LogP contribution in [0.3, 0.4) is 0 Å². The number of para-hydroxylation sites is 2. The topological polar surface area (TPSA) is 64.0 Å². The van der Waals surface area contributed by atoms with Gasteiger partial charge in [-0.15, -0.1) is 0 Å². The Labute approximate surface area is 179 Å². The van der Waals surface area contributed by atoms with Gasteiger partial charge >= 0.3 is 0 Å². The van der Waals surface area contributed by atoms with Gasteiger partial charge in [0, 0.05) is 20.0 Å². The summed E-state index contributed by atoms with van der Waals surface area (Å²) < 4.78 is 2.47. The van der Waals surface area contributed by atoms with Crippen molar-refractivity contribution < 1.29 is 4.79 Å². The molecule has 0 fully saturated rings. The molecule has 0 aliphatic heterocycles. The molecule has 1 N–H and O–H groups in total. The van der Waals surface area contributed by atoms with Crippen LogP contribution >= 0.6 is 27.7 Å². The van der Waals surface area contributed by atoms with E-state index in [1.54, 1.807) is 17.8 Å². The number of rotatable bonds is 5. The third-order valence-corrected chi connectivity index (χ3v) is 5.79. The summed E-state index contributed by atoms with van der Waals surface area (Å²) in [6.45, 7) is -0.0722. The Balaban J connectivity index is 1.44. The van der Waals surface area contributed by atoms with E-state index in [0.29, 0.717) is 16.7 Å². The first-order valence-electron chi connectivity index (χ1n) is 8.86. The highest BCUT2D eigenvalue weighted by Gasteiger charge is 2.09. The van der Waals surface area contributed by atoms with Gasteiger partial charge in [-0.1, -0.05) is 39.8 Å². The zero-order valence-electron chi connectivity index (χ0n) is 15.2. The number of hydrogen-bond acceptors (Lipinski definition) is 4. The normalized spacial score (nSPS) is 10.8. The van der Waals surface area contributed by atoms with Gasteiger partial charge in [0.15, 0.2) is 0 Å². The molecule has 0 unspecified atom stereocenters. The van der Waals surface area contributed by atoms with Crippen LogP contribution in [0.4, 0.5) is 5.69 Å². The van der Waals surface area contributed by atoms with Gasteiger partial charge in [-0.25, -0.2) is 4.98 Å². The second-order valence-corrected chi connectivity index (χ2v) is 8.36. The summed E-state index contributed by atoms with van der Waals surface area (Å²) in [5.41, 5.74) is 1.69. The van der Waals surface area contributed by atoms with Crippen molar-refractivity contribution >= 4 is 50.3 Å². The zero-order valence-corrected chi connectivity index (χ0v) is 17.6. The number of carbonyl (C=O) groups excluding carboxylic acids is 1. The number of nitrogens with one attached hydrogen (secondary N) is 1. The van der Waals surface area contributed by atoms with Crippen LogP contribution in [0.2, 0.25) is 0 Å². The van der Waals surface area contributed by atoms with Gasteiger partial charge in [-0.3, -0.25) is 14.2 Å². The Hall–Kier alpha value is -2.90. The van der Waals surface area contributed by atoms with Crippen LogP contribution in [0.15, 0.2) is 98.1 Å². The molecule has 144 valence electrons. The smallest absolute Gasteiger partial charge is 0.269 e. The van der Waals surface area contributed by atoms with Gasteiger partial charge in [0.25, 0.3) is 5.56 Å². The predicted molar refractivity (Wildman–Crippen MR) is 119 cm³/mol. The van der Waals surface area contributed by atoms with Crippen LogP contribution in [-0.2, 0) is 11.3 Å². The number of nitrogens with zero attached hydrogens (tertiary/aromatic N) is 2. The summed E-state index contributed by atoms with van der Waals surface area (Å²) in [7, 11) is 0. The quantitative estimate of drug-likeness (QED) is 0.452. The molecule has 0 aliphatic rings. The van der Waals surface area contributed by atoms with Gasteiger partial charge in [0.1, 0.15) is 6.54 Å². The molecule has 3 aromatic carbocycles. The number of aromatic nitrogens is 2. The molecule has 0 bridgehead atoms. The van der Waals surface area contributed by atoms with E-state index in [1.807, 2.05) is 66.7 Å². The number of hydrogen-bond donors (Lipinski definition) is 1. The third kappa shape index (κ3) is 4.75. The van der Waals surface area contributed by atoms with E-state index in [4.69, 9.17) is 0 Å². The van der Waals surface area contributed by atoms with Crippen molar-refractivity contribution in [2.75, 3.05) is 5.32 Å². The summed E-state index contributed by atoms with van der Waals surface area (Å²) in [5.74, 6) is -0.267. The van der Waals surface area contributed by atoms with Crippen molar-refractivity contribution in [3.63, 3.8) is 0 Å². The lowest BCUT2D eigenvalue weighted by atomic mass is 10.3. The predicted octanol–water partition coefficient (Wildman–Crippen LogP) is 4.95. The fraction of sp³-hybridized carbons (Fsp3) is 0.0455. The molecular formula is C22H16BrN3O2S. The fourth-order valence-electron chi connectivity index (χ4n) is 2.87. The standard InChI is InChI=1S/C22H16BrN3O2S/c23-15-5-9-17(10-6-15)29-18-11-7-16(8-12-18)25-21(27)14-26-20-4-2-1-3-19(20)24-13-22(26)28/h1-13H,14H2,(H,25,27). The maximum atomic E-state index is 12.5. The molecular weight excluding hydrogens is 450 g/mol. The Morgan fingerprint density at radius 1 is 0.966 bits per heavy atom. The van der Waals surface area contributed by atoms with Crippen LogP contribution in [0.25, 0.3) is 11.0 Å². The molecule has 0 radical (unpaired) electrons. The van der Waals surface area contributed by atoms with E-state index in [1.165, 1.54) is 10.8 Å². The van der Waals surface area contributed by atoms with E-state index < -0.39 is 0 Å². The van der Waals surface area contributed by atoms with Gasteiger partial charge in [-0.2, -0.15) is 0 Å². The molecule has 1 aromatic heterocycles. The van der Waals surface area contributed by atoms with E-state index in [0.717, 1.165) is 14.3 Å². The molecule has 29 heavy (non-hydrogen) atoms. The maximum absolute atomic E-state index is 12.5. The molecule has 7 heteroatoms. The largest absolute Gasteiger partial charge is 0.325 e. The number of amides is 1. The molecule has 4 rings (SSSR count). The number of anilines is 1. The zero-order chi connectivity index (χ0) is 20.2. The molecule has 0 spiro atoms. The first-order chi connectivity index (χ1) is 14.1. The average Bonchev–Trinajstić information content (AvgIpc) is 2.73. The van der Waals surface area contributed by atoms with E-state index in [9.17, 15) is 9.59 Å². The molecule has 4 aromatic rings. The van der Waals surface area contributed by atoms with Crippen LogP contribution in [-0.4, -0.2) is 15.5 Å². The first-order valence-corrected chi connectivity index (χ1v) is 10.5. The minimum atomic E-state index is -0.305. The van der Waals surface area contributed by atoms with Gasteiger partial charge in [-0.05, 0) is 60.7 Å². The molecule has 0 atom stereocenters. The Morgan fingerprint density at radius 2 is 1.62 bits per heavy atom. The molecule has 1 amide bonds. The first kappa shape index (κ1) is 19.4.